The quantitative estimate of drug-likeness (QED) is 0.779. The van der Waals surface area contributed by atoms with Crippen LogP contribution < -0.4 is 5.32 Å². The molecule has 0 radical (unpaired) electrons. The molecular formula is C22H32N4O. The third-order valence-electron chi connectivity index (χ3n) is 5.54. The fourth-order valence-corrected chi connectivity index (χ4v) is 3.92. The third-order valence-corrected chi connectivity index (χ3v) is 5.54. The molecule has 0 aliphatic carbocycles. The molecule has 27 heavy (non-hydrogen) atoms. The van der Waals surface area contributed by atoms with E-state index in [-0.39, 0.29) is 5.91 Å². The molecule has 0 saturated carbocycles. The lowest BCUT2D eigenvalue weighted by Crippen LogP contribution is -2.42. The minimum atomic E-state index is 0.172. The third kappa shape index (κ3) is 6.21. The highest BCUT2D eigenvalue weighted by molar-refractivity contribution is 5.76. The lowest BCUT2D eigenvalue weighted by atomic mass is 9.97. The zero-order chi connectivity index (χ0) is 19.1. The van der Waals surface area contributed by atoms with Crippen LogP contribution in [0.15, 0.2) is 36.9 Å². The number of nitrogens with zero attached hydrogens (tertiary/aromatic N) is 3. The fraction of sp³-hybridized carbons (Fsp3) is 0.545. The minimum absolute atomic E-state index is 0.172. The largest absolute Gasteiger partial charge is 0.356 e. The first-order valence-electron chi connectivity index (χ1n) is 10.1. The smallest absolute Gasteiger partial charge is 0.220 e. The van der Waals surface area contributed by atoms with E-state index in [1.54, 1.807) is 0 Å². The maximum Gasteiger partial charge on any atom is 0.220 e. The molecule has 1 aliphatic rings. The van der Waals surface area contributed by atoms with Gasteiger partial charge in [0.1, 0.15) is 0 Å². The van der Waals surface area contributed by atoms with Crippen molar-refractivity contribution in [3.8, 4) is 0 Å². The molecule has 1 unspecified atom stereocenters. The Kier molecular flexibility index (Phi) is 7.04. The summed E-state index contributed by atoms with van der Waals surface area (Å²) in [6, 6.07) is 6.46. The average molecular weight is 369 g/mol. The summed E-state index contributed by atoms with van der Waals surface area (Å²) in [6.07, 6.45) is 9.52. The summed E-state index contributed by atoms with van der Waals surface area (Å²) in [7, 11) is 0. The summed E-state index contributed by atoms with van der Waals surface area (Å²) in [5.74, 6) is 0.733. The number of amides is 1. The second-order valence-corrected chi connectivity index (χ2v) is 7.84. The summed E-state index contributed by atoms with van der Waals surface area (Å²) < 4.78 is 2.12. The van der Waals surface area contributed by atoms with Crippen molar-refractivity contribution >= 4 is 5.91 Å². The first-order valence-corrected chi connectivity index (χ1v) is 10.1. The van der Waals surface area contributed by atoms with E-state index >= 15 is 0 Å². The SMILES string of the molecule is Cc1ccc(CCC(=O)NCC2CCCN(CCn3ccnc3)C2)c(C)c1. The van der Waals surface area contributed by atoms with Crippen LogP contribution in [0.1, 0.15) is 36.0 Å². The van der Waals surface area contributed by atoms with Crippen molar-refractivity contribution in [2.45, 2.75) is 46.1 Å². The van der Waals surface area contributed by atoms with Gasteiger partial charge in [0, 0.05) is 45.0 Å². The summed E-state index contributed by atoms with van der Waals surface area (Å²) in [5.41, 5.74) is 3.83. The van der Waals surface area contributed by atoms with Gasteiger partial charge in [0.25, 0.3) is 0 Å². The molecule has 1 aromatic heterocycles. The van der Waals surface area contributed by atoms with Crippen molar-refractivity contribution in [2.24, 2.45) is 5.92 Å². The molecule has 0 spiro atoms. The number of nitrogens with one attached hydrogen (secondary N) is 1. The molecule has 2 aromatic rings. The summed E-state index contributed by atoms with van der Waals surface area (Å²) in [5, 5.41) is 3.16. The predicted octanol–water partition coefficient (Wildman–Crippen LogP) is 2.96. The number of carbonyl (C=O) groups excluding carboxylic acids is 1. The van der Waals surface area contributed by atoms with Crippen LogP contribution >= 0.6 is 0 Å². The monoisotopic (exact) mass is 368 g/mol. The van der Waals surface area contributed by atoms with E-state index in [1.165, 1.54) is 29.5 Å². The molecule has 1 fully saturated rings. The molecular weight excluding hydrogens is 336 g/mol. The lowest BCUT2D eigenvalue weighted by molar-refractivity contribution is -0.121. The van der Waals surface area contributed by atoms with Crippen molar-refractivity contribution in [3.05, 3.63) is 53.6 Å². The number of aromatic nitrogens is 2. The van der Waals surface area contributed by atoms with Crippen LogP contribution in [0, 0.1) is 19.8 Å². The Morgan fingerprint density at radius 2 is 2.19 bits per heavy atom. The molecule has 0 bridgehead atoms. The van der Waals surface area contributed by atoms with E-state index in [4.69, 9.17) is 0 Å². The van der Waals surface area contributed by atoms with Crippen LogP contribution in [-0.4, -0.2) is 46.5 Å². The van der Waals surface area contributed by atoms with Crippen molar-refractivity contribution in [1.82, 2.24) is 19.8 Å². The van der Waals surface area contributed by atoms with Crippen molar-refractivity contribution in [2.75, 3.05) is 26.2 Å². The number of imidazole rings is 1. The molecule has 5 nitrogen and oxygen atoms in total. The Morgan fingerprint density at radius 1 is 1.30 bits per heavy atom. The van der Waals surface area contributed by atoms with Crippen LogP contribution in [0.3, 0.4) is 0 Å². The Labute approximate surface area is 162 Å². The van der Waals surface area contributed by atoms with Crippen LogP contribution in [0.2, 0.25) is 0 Å². The van der Waals surface area contributed by atoms with Gasteiger partial charge in [0.05, 0.1) is 6.33 Å². The summed E-state index contributed by atoms with van der Waals surface area (Å²) in [4.78, 5) is 18.9. The number of likely N-dealkylation sites (tertiary alicyclic amines) is 1. The molecule has 1 N–H and O–H groups in total. The van der Waals surface area contributed by atoms with E-state index in [1.807, 2.05) is 18.7 Å². The minimum Gasteiger partial charge on any atom is -0.356 e. The zero-order valence-corrected chi connectivity index (χ0v) is 16.7. The summed E-state index contributed by atoms with van der Waals surface area (Å²) in [6.45, 7) is 9.29. The Morgan fingerprint density at radius 3 is 2.96 bits per heavy atom. The van der Waals surface area contributed by atoms with Gasteiger partial charge in [-0.25, -0.2) is 4.98 Å². The Hall–Kier alpha value is -2.14. The van der Waals surface area contributed by atoms with E-state index in [2.05, 4.69) is 51.8 Å². The number of benzene rings is 1. The standard InChI is InChI=1S/C22H32N4O/c1-18-5-6-21(19(2)14-18)7-8-22(27)24-15-20-4-3-10-25(16-20)12-13-26-11-9-23-17-26/h5-6,9,11,14,17,20H,3-4,7-8,10,12-13,15-16H2,1-2H3,(H,24,27). The number of aryl methyl sites for hydroxylation is 3. The van der Waals surface area contributed by atoms with Crippen LogP contribution in [-0.2, 0) is 17.8 Å². The van der Waals surface area contributed by atoms with E-state index in [0.717, 1.165) is 39.1 Å². The number of rotatable bonds is 8. The average Bonchev–Trinajstić information content (AvgIpc) is 3.18. The normalized spacial score (nSPS) is 17.8. The number of carbonyl (C=O) groups is 1. The first kappa shape index (κ1) is 19.6. The summed E-state index contributed by atoms with van der Waals surface area (Å²) >= 11 is 0. The van der Waals surface area contributed by atoms with Gasteiger partial charge in [0.2, 0.25) is 5.91 Å². The van der Waals surface area contributed by atoms with Crippen LogP contribution in [0.4, 0.5) is 0 Å². The van der Waals surface area contributed by atoms with Gasteiger partial charge in [-0.2, -0.15) is 0 Å². The van der Waals surface area contributed by atoms with Crippen molar-refractivity contribution in [1.29, 1.82) is 0 Å². The molecule has 1 aliphatic heterocycles. The van der Waals surface area contributed by atoms with Gasteiger partial charge >= 0.3 is 0 Å². The van der Waals surface area contributed by atoms with Crippen LogP contribution in [0.25, 0.3) is 0 Å². The Balaban J connectivity index is 1.36. The molecule has 1 saturated heterocycles. The molecule has 3 rings (SSSR count). The molecule has 1 amide bonds. The van der Waals surface area contributed by atoms with Crippen molar-refractivity contribution in [3.63, 3.8) is 0 Å². The molecule has 1 aromatic carbocycles. The van der Waals surface area contributed by atoms with Gasteiger partial charge in [-0.15, -0.1) is 0 Å². The molecule has 5 heteroatoms. The highest BCUT2D eigenvalue weighted by Crippen LogP contribution is 2.16. The maximum atomic E-state index is 12.3. The fourth-order valence-electron chi connectivity index (χ4n) is 3.92. The van der Waals surface area contributed by atoms with E-state index < -0.39 is 0 Å². The number of hydrogen-bond acceptors (Lipinski definition) is 3. The highest BCUT2D eigenvalue weighted by atomic mass is 16.1. The van der Waals surface area contributed by atoms with E-state index in [0.29, 0.717) is 12.3 Å². The maximum absolute atomic E-state index is 12.3. The van der Waals surface area contributed by atoms with Crippen molar-refractivity contribution < 1.29 is 4.79 Å². The van der Waals surface area contributed by atoms with E-state index in [9.17, 15) is 4.79 Å². The second kappa shape index (κ2) is 9.70. The molecule has 2 heterocycles. The van der Waals surface area contributed by atoms with Crippen LogP contribution in [0.5, 0.6) is 0 Å². The number of hydrogen-bond donors (Lipinski definition) is 1. The van der Waals surface area contributed by atoms with Gasteiger partial charge in [-0.1, -0.05) is 23.8 Å². The molecule has 146 valence electrons. The van der Waals surface area contributed by atoms with Gasteiger partial charge in [-0.3, -0.25) is 4.79 Å². The zero-order valence-electron chi connectivity index (χ0n) is 16.7. The highest BCUT2D eigenvalue weighted by Gasteiger charge is 2.20. The predicted molar refractivity (Wildman–Crippen MR) is 109 cm³/mol. The second-order valence-electron chi connectivity index (χ2n) is 7.84. The molecule has 1 atom stereocenters. The lowest BCUT2D eigenvalue weighted by Gasteiger charge is -2.32. The van der Waals surface area contributed by atoms with Gasteiger partial charge in [0.15, 0.2) is 0 Å². The van der Waals surface area contributed by atoms with Gasteiger partial charge < -0.3 is 14.8 Å². The van der Waals surface area contributed by atoms with Gasteiger partial charge in [-0.05, 0) is 56.7 Å². The first-order chi connectivity index (χ1) is 13.1. The topological polar surface area (TPSA) is 50.2 Å². The number of piperidine rings is 1. The Bertz CT molecular complexity index is 726.